The average molecular weight is 346 g/mol. The predicted molar refractivity (Wildman–Crippen MR) is 91.3 cm³/mol. The molecule has 1 aromatic heterocycles. The molecule has 0 saturated heterocycles. The van der Waals surface area contributed by atoms with Crippen LogP contribution in [0.15, 0.2) is 30.5 Å². The Morgan fingerprint density at radius 2 is 1.92 bits per heavy atom. The number of anilines is 2. The largest absolute Gasteiger partial charge is 0.486 e. The Balaban J connectivity index is 1.48. The summed E-state index contributed by atoms with van der Waals surface area (Å²) in [6.07, 6.45) is 3.89. The molecule has 7 heteroatoms. The molecule has 1 aromatic carbocycles. The zero-order valence-corrected chi connectivity index (χ0v) is 13.6. The first-order valence-electron chi connectivity index (χ1n) is 7.82. The van der Waals surface area contributed by atoms with Gasteiger partial charge in [-0.05, 0) is 25.0 Å². The third-order valence-corrected chi connectivity index (χ3v) is 4.15. The van der Waals surface area contributed by atoms with Crippen LogP contribution in [-0.4, -0.2) is 30.1 Å². The molecule has 6 nitrogen and oxygen atoms in total. The summed E-state index contributed by atoms with van der Waals surface area (Å²) in [7, 11) is 0. The number of hydrogen-bond acceptors (Lipinski definition) is 5. The molecule has 124 valence electrons. The maximum Gasteiger partial charge on any atom is 0.257 e. The minimum atomic E-state index is -0.279. The van der Waals surface area contributed by atoms with E-state index < -0.39 is 0 Å². The molecule has 0 atom stereocenters. The van der Waals surface area contributed by atoms with E-state index in [1.165, 1.54) is 12.8 Å². The molecule has 0 bridgehead atoms. The second-order valence-electron chi connectivity index (χ2n) is 5.78. The maximum absolute atomic E-state index is 12.4. The Labute approximate surface area is 144 Å². The number of rotatable bonds is 4. The fraction of sp³-hybridized carbons (Fsp3) is 0.294. The maximum atomic E-state index is 12.4. The third kappa shape index (κ3) is 3.23. The van der Waals surface area contributed by atoms with Gasteiger partial charge < -0.3 is 20.1 Å². The summed E-state index contributed by atoms with van der Waals surface area (Å²) in [5.41, 5.74) is 0.938. The van der Waals surface area contributed by atoms with Gasteiger partial charge in [-0.1, -0.05) is 11.6 Å². The van der Waals surface area contributed by atoms with Crippen LogP contribution < -0.4 is 20.1 Å². The van der Waals surface area contributed by atoms with Crippen LogP contribution in [-0.2, 0) is 0 Å². The first-order valence-corrected chi connectivity index (χ1v) is 8.20. The van der Waals surface area contributed by atoms with Crippen molar-refractivity contribution in [3.8, 4) is 11.5 Å². The second kappa shape index (κ2) is 6.20. The molecular weight excluding hydrogens is 330 g/mol. The number of aromatic nitrogens is 1. The molecule has 24 heavy (non-hydrogen) atoms. The molecule has 1 fully saturated rings. The van der Waals surface area contributed by atoms with Crippen molar-refractivity contribution < 1.29 is 14.3 Å². The number of nitrogens with zero attached hydrogens (tertiary/aromatic N) is 1. The number of carbonyl (C=O) groups is 1. The molecule has 1 saturated carbocycles. The smallest absolute Gasteiger partial charge is 0.257 e. The van der Waals surface area contributed by atoms with Crippen LogP contribution in [0, 0.1) is 0 Å². The Morgan fingerprint density at radius 1 is 1.17 bits per heavy atom. The number of nitrogens with one attached hydrogen (secondary N) is 2. The Morgan fingerprint density at radius 3 is 2.58 bits per heavy atom. The van der Waals surface area contributed by atoms with E-state index >= 15 is 0 Å². The molecule has 1 aliphatic heterocycles. The van der Waals surface area contributed by atoms with Gasteiger partial charge in [0, 0.05) is 24.4 Å². The van der Waals surface area contributed by atoms with Crippen molar-refractivity contribution in [3.63, 3.8) is 0 Å². The lowest BCUT2D eigenvalue weighted by Crippen LogP contribution is -2.17. The minimum absolute atomic E-state index is 0.279. The van der Waals surface area contributed by atoms with Crippen LogP contribution in [0.1, 0.15) is 23.2 Å². The van der Waals surface area contributed by atoms with Crippen LogP contribution in [0.2, 0.25) is 5.02 Å². The minimum Gasteiger partial charge on any atom is -0.486 e. The number of fused-ring (bicyclic) bond motifs is 1. The lowest BCUT2D eigenvalue weighted by Gasteiger charge is -2.20. The topological polar surface area (TPSA) is 72.5 Å². The molecule has 4 rings (SSSR count). The van der Waals surface area contributed by atoms with Crippen molar-refractivity contribution >= 4 is 29.0 Å². The highest BCUT2D eigenvalue weighted by molar-refractivity contribution is 6.34. The first kappa shape index (κ1) is 15.1. The van der Waals surface area contributed by atoms with Crippen LogP contribution in [0.25, 0.3) is 0 Å². The van der Waals surface area contributed by atoms with Crippen LogP contribution in [0.4, 0.5) is 11.5 Å². The molecule has 1 amide bonds. The van der Waals surface area contributed by atoms with Crippen molar-refractivity contribution in [2.75, 3.05) is 23.8 Å². The normalized spacial score (nSPS) is 15.7. The van der Waals surface area contributed by atoms with E-state index in [9.17, 15) is 4.79 Å². The molecule has 2 heterocycles. The zero-order valence-electron chi connectivity index (χ0n) is 12.8. The predicted octanol–water partition coefficient (Wildman–Crippen LogP) is 3.33. The van der Waals surface area contributed by atoms with Crippen LogP contribution in [0.5, 0.6) is 11.5 Å². The van der Waals surface area contributed by atoms with Gasteiger partial charge in [0.2, 0.25) is 0 Å². The van der Waals surface area contributed by atoms with Gasteiger partial charge in [-0.15, -0.1) is 0 Å². The number of benzene rings is 1. The summed E-state index contributed by atoms with van der Waals surface area (Å²) in [4.78, 5) is 16.6. The van der Waals surface area contributed by atoms with E-state index in [1.807, 2.05) is 0 Å². The SMILES string of the molecule is O=C(Nc1cc2c(cc1Cl)OCCO2)c1ccc(NC2CC2)nc1. The summed E-state index contributed by atoms with van der Waals surface area (Å²) >= 11 is 6.21. The zero-order chi connectivity index (χ0) is 16.5. The second-order valence-corrected chi connectivity index (χ2v) is 6.19. The van der Waals surface area contributed by atoms with E-state index in [4.69, 9.17) is 21.1 Å². The molecule has 2 aromatic rings. The summed E-state index contributed by atoms with van der Waals surface area (Å²) in [5, 5.41) is 6.46. The Bertz CT molecular complexity index is 775. The highest BCUT2D eigenvalue weighted by Gasteiger charge is 2.21. The molecule has 0 unspecified atom stereocenters. The molecule has 2 aliphatic rings. The third-order valence-electron chi connectivity index (χ3n) is 3.84. The van der Waals surface area contributed by atoms with Crippen molar-refractivity contribution in [1.82, 2.24) is 4.98 Å². The summed E-state index contributed by atoms with van der Waals surface area (Å²) in [5.74, 6) is 1.66. The number of carbonyl (C=O) groups excluding carboxylic acids is 1. The van der Waals surface area contributed by atoms with Gasteiger partial charge >= 0.3 is 0 Å². The molecule has 0 spiro atoms. The highest BCUT2D eigenvalue weighted by Crippen LogP contribution is 2.38. The lowest BCUT2D eigenvalue weighted by molar-refractivity contribution is 0.102. The Kier molecular flexibility index (Phi) is 3.90. The number of amides is 1. The number of halogens is 1. The molecule has 1 aliphatic carbocycles. The summed E-state index contributed by atoms with van der Waals surface area (Å²) in [6.45, 7) is 0.962. The summed E-state index contributed by atoms with van der Waals surface area (Å²) in [6, 6.07) is 7.38. The van der Waals surface area contributed by atoms with Gasteiger partial charge in [0.1, 0.15) is 19.0 Å². The van der Waals surface area contributed by atoms with Gasteiger partial charge in [0.25, 0.3) is 5.91 Å². The van der Waals surface area contributed by atoms with Crippen molar-refractivity contribution in [3.05, 3.63) is 41.0 Å². The van der Waals surface area contributed by atoms with Gasteiger partial charge in [-0.2, -0.15) is 0 Å². The fourth-order valence-electron chi connectivity index (χ4n) is 2.40. The number of pyridine rings is 1. The number of hydrogen-bond donors (Lipinski definition) is 2. The summed E-state index contributed by atoms with van der Waals surface area (Å²) < 4.78 is 11.0. The monoisotopic (exact) mass is 345 g/mol. The highest BCUT2D eigenvalue weighted by atomic mass is 35.5. The van der Waals surface area contributed by atoms with E-state index in [0.717, 1.165) is 5.82 Å². The standard InChI is InChI=1S/C17H16ClN3O3/c18-12-7-14-15(24-6-5-23-14)8-13(12)21-17(22)10-1-4-16(19-9-10)20-11-2-3-11/h1,4,7-9,11H,2-3,5-6H2,(H,19,20)(H,21,22). The molecule has 0 radical (unpaired) electrons. The van der Waals surface area contributed by atoms with Gasteiger partial charge in [-0.25, -0.2) is 4.98 Å². The average Bonchev–Trinajstić information content (AvgIpc) is 3.40. The molecule has 2 N–H and O–H groups in total. The lowest BCUT2D eigenvalue weighted by atomic mass is 10.2. The van der Waals surface area contributed by atoms with Crippen molar-refractivity contribution in [1.29, 1.82) is 0 Å². The fourth-order valence-corrected chi connectivity index (χ4v) is 2.61. The number of ether oxygens (including phenoxy) is 2. The Hall–Kier alpha value is -2.47. The van der Waals surface area contributed by atoms with E-state index in [-0.39, 0.29) is 5.91 Å². The molecular formula is C17H16ClN3O3. The first-order chi connectivity index (χ1) is 11.7. The van der Waals surface area contributed by atoms with Crippen molar-refractivity contribution in [2.45, 2.75) is 18.9 Å². The van der Waals surface area contributed by atoms with Gasteiger partial charge in [0.05, 0.1) is 16.3 Å². The van der Waals surface area contributed by atoms with E-state index in [1.54, 1.807) is 30.5 Å². The van der Waals surface area contributed by atoms with Crippen molar-refractivity contribution in [2.24, 2.45) is 0 Å². The van der Waals surface area contributed by atoms with E-state index in [2.05, 4.69) is 15.6 Å². The van der Waals surface area contributed by atoms with Crippen LogP contribution in [0.3, 0.4) is 0 Å². The van der Waals surface area contributed by atoms with E-state index in [0.29, 0.717) is 47.0 Å². The van der Waals surface area contributed by atoms with Gasteiger partial charge in [-0.3, -0.25) is 4.79 Å². The van der Waals surface area contributed by atoms with Crippen LogP contribution >= 0.6 is 11.6 Å². The quantitative estimate of drug-likeness (QED) is 0.889. The van der Waals surface area contributed by atoms with Gasteiger partial charge in [0.15, 0.2) is 11.5 Å².